The number of halogens is 3. The number of hydrogen-bond acceptors (Lipinski definition) is 13. The molecule has 0 spiro atoms. The fourth-order valence-corrected chi connectivity index (χ4v) is 10.6. The minimum Gasteiger partial charge on any atom is -0.379 e. The van der Waals surface area contributed by atoms with E-state index in [9.17, 15) is 41.9 Å². The number of pyridine rings is 1. The lowest BCUT2D eigenvalue weighted by Gasteiger charge is -2.45. The zero-order chi connectivity index (χ0) is 52.2. The maximum absolute atomic E-state index is 14.1. The van der Waals surface area contributed by atoms with Gasteiger partial charge in [-0.1, -0.05) is 6.07 Å². The smallest absolute Gasteiger partial charge is 0.379 e. The molecule has 3 aromatic rings. The van der Waals surface area contributed by atoms with Gasteiger partial charge >= 0.3 is 6.18 Å². The predicted octanol–water partition coefficient (Wildman–Crippen LogP) is 3.74. The minimum absolute atomic E-state index is 0.0707. The minimum atomic E-state index is -4.56. The number of aromatic nitrogens is 3. The second-order valence-corrected chi connectivity index (χ2v) is 19.9. The first-order chi connectivity index (χ1) is 35.0. The van der Waals surface area contributed by atoms with Gasteiger partial charge < -0.3 is 50.8 Å². The molecule has 4 aliphatic rings. The molecule has 1 aromatic carbocycles. The topological polar surface area (TPSA) is 229 Å². The number of hydrogen-bond donors (Lipinski definition) is 5. The van der Waals surface area contributed by atoms with Gasteiger partial charge in [-0.25, -0.2) is 9.97 Å². The molecule has 7 rings (SSSR count). The van der Waals surface area contributed by atoms with Crippen molar-refractivity contribution in [2.45, 2.75) is 133 Å². The molecule has 2 saturated carbocycles. The van der Waals surface area contributed by atoms with E-state index >= 15 is 0 Å². The molecule has 19 nitrogen and oxygen atoms in total. The number of benzene rings is 1. The molecule has 2 aliphatic carbocycles. The van der Waals surface area contributed by atoms with Gasteiger partial charge in [-0.05, 0) is 109 Å². The van der Waals surface area contributed by atoms with Gasteiger partial charge in [-0.2, -0.15) is 13.2 Å². The Morgan fingerprint density at radius 3 is 2.42 bits per heavy atom. The standard InChI is InChI=1S/C51H70F3N11O8/c1-31(2)63(3)36-13-15-42(65-21-16-40(50(65)71)61-47-37-25-34(51(52,53)54)10-14-39(37)58-30-59-47)41(26-36)62-48(69)32-8-11-35(12-9-32)60-43(66)17-23-72-24-20-56-44(67)29-73-22-6-19-57-49(70)38-27-45(68)64(4)46(38)33-7-5-18-55-28-33/h5,7,10,14,18,25,28,30-32,35-36,38,40-42,46H,6,8-9,11-13,15-17,19-24,26-27,29H2,1-4H3,(H,56,67)(H,57,70)(H,60,66)(H,62,69)(H,58,59,61)/t32-,35+,36-,38+,40+,41-,42+,46-/m1/s1. The molecule has 0 unspecified atom stereocenters. The van der Waals surface area contributed by atoms with Crippen molar-refractivity contribution < 1.29 is 51.4 Å². The van der Waals surface area contributed by atoms with Crippen molar-refractivity contribution in [1.82, 2.24) is 50.9 Å². The van der Waals surface area contributed by atoms with Crippen molar-refractivity contribution >= 4 is 52.2 Å². The van der Waals surface area contributed by atoms with Crippen LogP contribution < -0.4 is 26.6 Å². The summed E-state index contributed by atoms with van der Waals surface area (Å²) in [5, 5.41) is 15.3. The van der Waals surface area contributed by atoms with Crippen molar-refractivity contribution in [2.75, 3.05) is 65.5 Å². The molecule has 4 fully saturated rings. The van der Waals surface area contributed by atoms with Crippen LogP contribution in [-0.4, -0.2) is 162 Å². The lowest BCUT2D eigenvalue weighted by Crippen LogP contribution is -2.59. The van der Waals surface area contributed by atoms with Crippen LogP contribution in [0.15, 0.2) is 49.1 Å². The molecule has 4 heterocycles. The SMILES string of the molecule is CC(C)N(C)[C@@H]1CC[C@H](N2CC[C@H](Nc3ncnc4ccc(C(F)(F)F)cc34)C2=O)[C@H](NC(=O)[C@H]2CC[C@@H](NC(=O)CCOCCNC(=O)COCCCNC(=O)[C@H]3CC(=O)N(C)[C@@H]3c3cccnc3)CC2)C1. The molecule has 6 atom stereocenters. The summed E-state index contributed by atoms with van der Waals surface area (Å²) < 4.78 is 51.8. The van der Waals surface area contributed by atoms with Crippen molar-refractivity contribution in [3.8, 4) is 0 Å². The number of carbonyl (C=O) groups excluding carboxylic acids is 6. The monoisotopic (exact) mass is 1020 g/mol. The first-order valence-electron chi connectivity index (χ1n) is 25.5. The molecule has 2 aromatic heterocycles. The fourth-order valence-electron chi connectivity index (χ4n) is 10.6. The number of amides is 6. The van der Waals surface area contributed by atoms with Crippen molar-refractivity contribution in [1.29, 1.82) is 0 Å². The number of nitrogens with one attached hydrogen (secondary N) is 5. The lowest BCUT2D eigenvalue weighted by molar-refractivity contribution is -0.137. The second kappa shape index (κ2) is 25.3. The molecule has 2 saturated heterocycles. The number of anilines is 1. The van der Waals surface area contributed by atoms with E-state index in [1.165, 1.54) is 12.4 Å². The summed E-state index contributed by atoms with van der Waals surface area (Å²) in [5.74, 6) is -1.68. The number of alkyl halides is 3. The van der Waals surface area contributed by atoms with Crippen LogP contribution in [0.4, 0.5) is 19.0 Å². The third-order valence-corrected chi connectivity index (χ3v) is 14.9. The van der Waals surface area contributed by atoms with Crippen LogP contribution in [0.2, 0.25) is 0 Å². The number of likely N-dealkylation sites (tertiary alicyclic amines) is 2. The van der Waals surface area contributed by atoms with E-state index in [0.29, 0.717) is 70.0 Å². The summed E-state index contributed by atoms with van der Waals surface area (Å²) in [5.41, 5.74) is 0.295. The summed E-state index contributed by atoms with van der Waals surface area (Å²) in [4.78, 5) is 96.5. The summed E-state index contributed by atoms with van der Waals surface area (Å²) >= 11 is 0. The third-order valence-electron chi connectivity index (χ3n) is 14.9. The van der Waals surface area contributed by atoms with Gasteiger partial charge in [0.05, 0.1) is 48.3 Å². The van der Waals surface area contributed by atoms with Gasteiger partial charge in [0.15, 0.2) is 0 Å². The Morgan fingerprint density at radius 1 is 0.890 bits per heavy atom. The number of rotatable bonds is 22. The molecule has 73 heavy (non-hydrogen) atoms. The highest BCUT2D eigenvalue weighted by molar-refractivity contribution is 5.93. The van der Waals surface area contributed by atoms with E-state index in [1.807, 2.05) is 11.0 Å². The quantitative estimate of drug-likeness (QED) is 0.0906. The van der Waals surface area contributed by atoms with Gasteiger partial charge in [0.25, 0.3) is 0 Å². The van der Waals surface area contributed by atoms with E-state index < -0.39 is 23.7 Å². The molecule has 398 valence electrons. The maximum atomic E-state index is 14.1. The van der Waals surface area contributed by atoms with E-state index in [-0.39, 0.29) is 135 Å². The van der Waals surface area contributed by atoms with Crippen molar-refractivity contribution in [3.63, 3.8) is 0 Å². The third kappa shape index (κ3) is 14.4. The van der Waals surface area contributed by atoms with Crippen LogP contribution in [0, 0.1) is 11.8 Å². The van der Waals surface area contributed by atoms with Crippen LogP contribution in [-0.2, 0) is 44.4 Å². The highest BCUT2D eigenvalue weighted by Gasteiger charge is 2.45. The molecule has 2 aliphatic heterocycles. The number of fused-ring (bicyclic) bond motifs is 1. The van der Waals surface area contributed by atoms with Crippen molar-refractivity contribution in [3.05, 3.63) is 60.2 Å². The molecule has 22 heteroatoms. The van der Waals surface area contributed by atoms with Gasteiger partial charge in [-0.3, -0.25) is 33.8 Å². The van der Waals surface area contributed by atoms with Gasteiger partial charge in [0.2, 0.25) is 35.4 Å². The zero-order valence-corrected chi connectivity index (χ0v) is 42.1. The van der Waals surface area contributed by atoms with Crippen LogP contribution in [0.25, 0.3) is 10.9 Å². The number of nitrogens with zero attached hydrogens (tertiary/aromatic N) is 6. The normalized spacial score (nSPS) is 24.6. The van der Waals surface area contributed by atoms with E-state index in [1.54, 1.807) is 30.4 Å². The lowest BCUT2D eigenvalue weighted by atomic mass is 9.82. The van der Waals surface area contributed by atoms with E-state index in [2.05, 4.69) is 67.3 Å². The Balaban J connectivity index is 0.771. The zero-order valence-electron chi connectivity index (χ0n) is 42.1. The highest BCUT2D eigenvalue weighted by Crippen LogP contribution is 2.38. The first kappa shape index (κ1) is 54.8. The maximum Gasteiger partial charge on any atom is 0.416 e. The van der Waals surface area contributed by atoms with Gasteiger partial charge in [0.1, 0.15) is 24.8 Å². The Bertz CT molecular complexity index is 2390. The van der Waals surface area contributed by atoms with Gasteiger partial charge in [-0.15, -0.1) is 0 Å². The van der Waals surface area contributed by atoms with Crippen LogP contribution in [0.1, 0.15) is 102 Å². The van der Waals surface area contributed by atoms with Crippen LogP contribution in [0.5, 0.6) is 0 Å². The van der Waals surface area contributed by atoms with E-state index in [0.717, 1.165) is 24.1 Å². The molecule has 0 radical (unpaired) electrons. The Labute approximate surface area is 423 Å². The summed E-state index contributed by atoms with van der Waals surface area (Å²) in [6.07, 6.45) is 5.78. The Morgan fingerprint density at radius 2 is 1.68 bits per heavy atom. The van der Waals surface area contributed by atoms with Gasteiger partial charge in [0, 0.05) is 88.0 Å². The van der Waals surface area contributed by atoms with Crippen LogP contribution in [0.3, 0.4) is 0 Å². The number of carbonyl (C=O) groups is 6. The Hall–Kier alpha value is -6.00. The first-order valence-corrected chi connectivity index (χ1v) is 25.5. The molecular formula is C51H70F3N11O8. The summed E-state index contributed by atoms with van der Waals surface area (Å²) in [7, 11) is 3.76. The number of ether oxygens (including phenoxy) is 2. The highest BCUT2D eigenvalue weighted by atomic mass is 19.4. The fraction of sp³-hybridized carbons (Fsp3) is 0.627. The summed E-state index contributed by atoms with van der Waals surface area (Å²) in [6, 6.07) is 5.60. The van der Waals surface area contributed by atoms with Crippen molar-refractivity contribution in [2.24, 2.45) is 11.8 Å². The largest absolute Gasteiger partial charge is 0.416 e. The van der Waals surface area contributed by atoms with Crippen LogP contribution >= 0.6 is 0 Å². The predicted molar refractivity (Wildman–Crippen MR) is 263 cm³/mol. The molecular weight excluding hydrogens is 952 g/mol. The van der Waals surface area contributed by atoms with E-state index in [4.69, 9.17) is 9.47 Å². The molecule has 6 amide bonds. The second-order valence-electron chi connectivity index (χ2n) is 19.9. The molecule has 0 bridgehead atoms. The molecule has 5 N–H and O–H groups in total. The summed E-state index contributed by atoms with van der Waals surface area (Å²) in [6.45, 7) is 5.71. The average molecular weight is 1020 g/mol. The Kier molecular flexibility index (Phi) is 19.0. The average Bonchev–Trinajstić information content (AvgIpc) is 3.89.